The lowest BCUT2D eigenvalue weighted by Gasteiger charge is -2.25. The zero-order valence-corrected chi connectivity index (χ0v) is 44.1. The Hall–Kier alpha value is -1.80. The van der Waals surface area contributed by atoms with Crippen LogP contribution in [0.15, 0.2) is 60.8 Å². The second kappa shape index (κ2) is 47.3. The number of quaternary nitrogens is 1. The van der Waals surface area contributed by atoms with E-state index in [1.165, 1.54) is 141 Å². The van der Waals surface area contributed by atoms with E-state index in [0.29, 0.717) is 17.4 Å². The number of allylic oxidation sites excluding steroid dienone is 9. The molecule has 8 nitrogen and oxygen atoms in total. The van der Waals surface area contributed by atoms with Crippen molar-refractivity contribution in [1.29, 1.82) is 0 Å². The first-order chi connectivity index (χ1) is 31.5. The van der Waals surface area contributed by atoms with Crippen molar-refractivity contribution < 1.29 is 32.9 Å². The Morgan fingerprint density at radius 2 is 0.923 bits per heavy atom. The topological polar surface area (TPSA) is 105 Å². The number of aliphatic hydroxyl groups is 1. The molecule has 0 aliphatic rings. The lowest BCUT2D eigenvalue weighted by Crippen LogP contribution is -2.45. The highest BCUT2D eigenvalue weighted by atomic mass is 31.2. The average Bonchev–Trinajstić information content (AvgIpc) is 3.26. The fraction of sp³-hybridized carbons (Fsp3) is 0.804. The number of hydrogen-bond acceptors (Lipinski definition) is 5. The molecule has 1 amide bonds. The molecule has 0 rings (SSSR count). The fourth-order valence-electron chi connectivity index (χ4n) is 7.74. The Bertz CT molecular complexity index is 1240. The quantitative estimate of drug-likeness (QED) is 0.0243. The van der Waals surface area contributed by atoms with E-state index in [2.05, 4.69) is 67.8 Å². The van der Waals surface area contributed by atoms with Crippen LogP contribution in [0.3, 0.4) is 0 Å². The minimum Gasteiger partial charge on any atom is -0.387 e. The number of aliphatic hydroxyl groups excluding tert-OH is 1. The molecule has 65 heavy (non-hydrogen) atoms. The van der Waals surface area contributed by atoms with Crippen molar-refractivity contribution in [2.45, 2.75) is 251 Å². The van der Waals surface area contributed by atoms with Gasteiger partial charge in [0.15, 0.2) is 0 Å². The minimum absolute atomic E-state index is 0.0542. The van der Waals surface area contributed by atoms with Crippen molar-refractivity contribution in [3.8, 4) is 0 Å². The molecule has 0 aliphatic carbocycles. The van der Waals surface area contributed by atoms with Crippen molar-refractivity contribution >= 4 is 13.7 Å². The molecule has 9 heteroatoms. The van der Waals surface area contributed by atoms with Crippen molar-refractivity contribution in [3.63, 3.8) is 0 Å². The van der Waals surface area contributed by atoms with Crippen LogP contribution < -0.4 is 5.32 Å². The Morgan fingerprint density at radius 1 is 0.538 bits per heavy atom. The number of likely N-dealkylation sites (N-methyl/N-ethyl adjacent to an activating group) is 1. The molecule has 3 unspecified atom stereocenters. The number of phosphoric ester groups is 1. The van der Waals surface area contributed by atoms with Gasteiger partial charge in [-0.2, -0.15) is 0 Å². The normalized spacial score (nSPS) is 14.5. The Morgan fingerprint density at radius 3 is 1.35 bits per heavy atom. The summed E-state index contributed by atoms with van der Waals surface area (Å²) in [7, 11) is 1.55. The summed E-state index contributed by atoms with van der Waals surface area (Å²) in [6.07, 6.45) is 63.2. The molecular formula is C56H106N2O6P+. The molecule has 380 valence electrons. The molecule has 0 aromatic carbocycles. The van der Waals surface area contributed by atoms with E-state index in [1.54, 1.807) is 6.08 Å². The third-order valence-electron chi connectivity index (χ3n) is 12.0. The van der Waals surface area contributed by atoms with Gasteiger partial charge >= 0.3 is 7.82 Å². The summed E-state index contributed by atoms with van der Waals surface area (Å²) in [6.45, 7) is 4.70. The molecule has 0 radical (unpaired) electrons. The van der Waals surface area contributed by atoms with Gasteiger partial charge in [-0.1, -0.05) is 235 Å². The first-order valence-electron chi connectivity index (χ1n) is 27.2. The number of rotatable bonds is 49. The SMILES string of the molecule is CC/C=C\C/C=C\C/C=C\C/C=C\CCCCCCC(=O)NC(COP(=O)(O)OCC[N+](C)(C)C)C(O)/C=C/CCCCCCCCCCCCCCCCCCCCCCCCCC. The van der Waals surface area contributed by atoms with Gasteiger partial charge in [-0.3, -0.25) is 13.8 Å². The van der Waals surface area contributed by atoms with E-state index >= 15 is 0 Å². The van der Waals surface area contributed by atoms with Crippen LogP contribution >= 0.6 is 7.82 Å². The molecule has 3 atom stereocenters. The van der Waals surface area contributed by atoms with Gasteiger partial charge in [-0.05, 0) is 57.8 Å². The molecule has 0 aliphatic heterocycles. The largest absolute Gasteiger partial charge is 0.472 e. The number of nitrogens with zero attached hydrogens (tertiary/aromatic N) is 1. The standard InChI is InChI=1S/C56H105N2O6P/c1-6-8-10-12-14-16-18-20-22-24-25-26-27-28-29-30-31-32-34-35-37-39-41-43-45-47-49-55(59)54(53-64-65(61,62)63-52-51-58(3,4)5)57-56(60)50-48-46-44-42-40-38-36-33-23-21-19-17-15-13-11-9-7-2/h9,11,15,17,21,23,36,38,47,49,54-55,59H,6-8,10,12-14,16,18-20,22,24-35,37,39-46,48,50-53H2,1-5H3,(H-,57,60,61,62)/p+1/b11-9-,17-15-,23-21-,38-36-,49-47+. The van der Waals surface area contributed by atoms with E-state index in [4.69, 9.17) is 9.05 Å². The van der Waals surface area contributed by atoms with Crippen molar-refractivity contribution in [2.24, 2.45) is 0 Å². The number of phosphoric acid groups is 1. The third kappa shape index (κ3) is 49.9. The number of carbonyl (C=O) groups excluding carboxylic acids is 1. The van der Waals surface area contributed by atoms with Gasteiger partial charge < -0.3 is 19.8 Å². The Kier molecular flexibility index (Phi) is 46.0. The van der Waals surface area contributed by atoms with Crippen LogP contribution in [-0.4, -0.2) is 73.4 Å². The number of nitrogens with one attached hydrogen (secondary N) is 1. The van der Waals surface area contributed by atoms with Gasteiger partial charge in [-0.25, -0.2) is 4.57 Å². The van der Waals surface area contributed by atoms with E-state index in [1.807, 2.05) is 27.2 Å². The zero-order valence-electron chi connectivity index (χ0n) is 43.2. The molecule has 0 spiro atoms. The van der Waals surface area contributed by atoms with Crippen LogP contribution in [0, 0.1) is 0 Å². The first kappa shape index (κ1) is 63.2. The third-order valence-corrected chi connectivity index (χ3v) is 13.0. The number of unbranched alkanes of at least 4 members (excludes halogenated alkanes) is 28. The molecule has 0 saturated carbocycles. The van der Waals surface area contributed by atoms with E-state index in [0.717, 1.165) is 77.0 Å². The first-order valence-corrected chi connectivity index (χ1v) is 28.7. The molecule has 3 N–H and O–H groups in total. The monoisotopic (exact) mass is 934 g/mol. The summed E-state index contributed by atoms with van der Waals surface area (Å²) in [5.41, 5.74) is 0. The Balaban J connectivity index is 4.26. The second-order valence-electron chi connectivity index (χ2n) is 19.6. The van der Waals surface area contributed by atoms with Gasteiger partial charge in [0.05, 0.1) is 39.9 Å². The highest BCUT2D eigenvalue weighted by Crippen LogP contribution is 2.43. The van der Waals surface area contributed by atoms with E-state index in [-0.39, 0.29) is 19.1 Å². The van der Waals surface area contributed by atoms with Crippen LogP contribution in [0.2, 0.25) is 0 Å². The molecule has 0 fully saturated rings. The van der Waals surface area contributed by atoms with Gasteiger partial charge in [0, 0.05) is 6.42 Å². The molecule has 0 saturated heterocycles. The fourth-order valence-corrected chi connectivity index (χ4v) is 8.48. The minimum atomic E-state index is -4.35. The number of carbonyl (C=O) groups is 1. The van der Waals surface area contributed by atoms with Crippen LogP contribution in [0.5, 0.6) is 0 Å². The molecule has 0 bridgehead atoms. The van der Waals surface area contributed by atoms with Crippen LogP contribution in [0.4, 0.5) is 0 Å². The summed E-state index contributed by atoms with van der Waals surface area (Å²) in [4.78, 5) is 23.2. The molecule has 0 aromatic rings. The molecule has 0 heterocycles. The zero-order chi connectivity index (χ0) is 47.8. The smallest absolute Gasteiger partial charge is 0.387 e. The lowest BCUT2D eigenvalue weighted by molar-refractivity contribution is -0.870. The van der Waals surface area contributed by atoms with Gasteiger partial charge in [0.25, 0.3) is 0 Å². The van der Waals surface area contributed by atoms with E-state index < -0.39 is 20.0 Å². The van der Waals surface area contributed by atoms with Crippen LogP contribution in [-0.2, 0) is 18.4 Å². The predicted molar refractivity (Wildman–Crippen MR) is 281 cm³/mol. The highest BCUT2D eigenvalue weighted by Gasteiger charge is 2.27. The average molecular weight is 934 g/mol. The Labute approximate surface area is 402 Å². The maximum absolute atomic E-state index is 12.9. The van der Waals surface area contributed by atoms with Gasteiger partial charge in [0.1, 0.15) is 13.2 Å². The molecule has 0 aromatic heterocycles. The maximum Gasteiger partial charge on any atom is 0.472 e. The lowest BCUT2D eigenvalue weighted by atomic mass is 10.0. The van der Waals surface area contributed by atoms with Crippen molar-refractivity contribution in [2.75, 3.05) is 40.9 Å². The number of hydrogen-bond donors (Lipinski definition) is 3. The highest BCUT2D eigenvalue weighted by molar-refractivity contribution is 7.47. The summed E-state index contributed by atoms with van der Waals surface area (Å²) >= 11 is 0. The maximum atomic E-state index is 12.9. The van der Waals surface area contributed by atoms with Crippen molar-refractivity contribution in [1.82, 2.24) is 5.32 Å². The second-order valence-corrected chi connectivity index (χ2v) is 21.0. The van der Waals surface area contributed by atoms with Crippen molar-refractivity contribution in [3.05, 3.63) is 60.8 Å². The van der Waals surface area contributed by atoms with Gasteiger partial charge in [0.2, 0.25) is 5.91 Å². The number of amides is 1. The summed E-state index contributed by atoms with van der Waals surface area (Å²) in [5.74, 6) is -0.200. The van der Waals surface area contributed by atoms with E-state index in [9.17, 15) is 19.4 Å². The summed E-state index contributed by atoms with van der Waals surface area (Å²) < 4.78 is 23.7. The van der Waals surface area contributed by atoms with Gasteiger partial charge in [-0.15, -0.1) is 0 Å². The molecular weight excluding hydrogens is 828 g/mol. The summed E-state index contributed by atoms with van der Waals surface area (Å²) in [5, 5.41) is 13.9. The summed E-state index contributed by atoms with van der Waals surface area (Å²) in [6, 6.07) is -0.862. The predicted octanol–water partition coefficient (Wildman–Crippen LogP) is 16.1. The van der Waals surface area contributed by atoms with Crippen LogP contribution in [0.1, 0.15) is 239 Å². The van der Waals surface area contributed by atoms with Crippen LogP contribution in [0.25, 0.3) is 0 Å².